The molecule has 2 saturated heterocycles. The SMILES string of the molecule is CNC1CN(C(=O)COC)CC2CCCC(C(C)=O)N2C1=O. The predicted molar refractivity (Wildman–Crippen MR) is 80.3 cm³/mol. The summed E-state index contributed by atoms with van der Waals surface area (Å²) >= 11 is 0. The summed E-state index contributed by atoms with van der Waals surface area (Å²) in [5, 5.41) is 2.98. The first-order chi connectivity index (χ1) is 10.5. The number of carbonyl (C=O) groups is 3. The van der Waals surface area contributed by atoms with Gasteiger partial charge < -0.3 is 19.9 Å². The minimum atomic E-state index is -0.481. The lowest BCUT2D eigenvalue weighted by atomic mass is 9.93. The first-order valence-electron chi connectivity index (χ1n) is 7.76. The monoisotopic (exact) mass is 311 g/mol. The van der Waals surface area contributed by atoms with Crippen molar-refractivity contribution in [2.45, 2.75) is 44.3 Å². The standard InChI is InChI=1S/C15H25N3O4/c1-10(19)13-6-4-5-11-7-17(14(20)9-22-3)8-12(16-2)15(21)18(11)13/h11-13,16H,4-9H2,1-3H3. The summed E-state index contributed by atoms with van der Waals surface area (Å²) < 4.78 is 4.92. The number of piperidine rings is 1. The fourth-order valence-corrected chi connectivity index (χ4v) is 3.43. The molecule has 0 aromatic carbocycles. The number of carbonyl (C=O) groups excluding carboxylic acids is 3. The third-order valence-electron chi connectivity index (χ3n) is 4.57. The van der Waals surface area contributed by atoms with Crippen LogP contribution in [0.5, 0.6) is 0 Å². The molecule has 0 radical (unpaired) electrons. The Hall–Kier alpha value is -1.47. The molecule has 7 nitrogen and oxygen atoms in total. The van der Waals surface area contributed by atoms with Crippen LogP contribution in [-0.4, -0.2) is 79.4 Å². The minimum absolute atomic E-state index is 0.00742. The van der Waals surface area contributed by atoms with Gasteiger partial charge in [0.25, 0.3) is 0 Å². The molecule has 7 heteroatoms. The van der Waals surface area contributed by atoms with Crippen molar-refractivity contribution in [1.82, 2.24) is 15.1 Å². The van der Waals surface area contributed by atoms with E-state index in [9.17, 15) is 14.4 Å². The van der Waals surface area contributed by atoms with Gasteiger partial charge in [0, 0.05) is 20.2 Å². The smallest absolute Gasteiger partial charge is 0.248 e. The van der Waals surface area contributed by atoms with E-state index in [2.05, 4.69) is 5.32 Å². The number of hydrogen-bond donors (Lipinski definition) is 1. The Morgan fingerprint density at radius 3 is 2.64 bits per heavy atom. The van der Waals surface area contributed by atoms with Gasteiger partial charge in [-0.25, -0.2) is 0 Å². The van der Waals surface area contributed by atoms with Crippen LogP contribution >= 0.6 is 0 Å². The summed E-state index contributed by atoms with van der Waals surface area (Å²) in [5.74, 6) is -0.188. The van der Waals surface area contributed by atoms with Gasteiger partial charge in [0.15, 0.2) is 5.78 Å². The molecule has 2 fully saturated rings. The van der Waals surface area contributed by atoms with Crippen LogP contribution in [0.3, 0.4) is 0 Å². The lowest BCUT2D eigenvalue weighted by Gasteiger charge is -2.41. The second kappa shape index (κ2) is 7.19. The molecule has 0 aliphatic carbocycles. The second-order valence-electron chi connectivity index (χ2n) is 6.03. The number of methoxy groups -OCH3 is 1. The molecule has 0 aromatic heterocycles. The summed E-state index contributed by atoms with van der Waals surface area (Å²) in [6.07, 6.45) is 2.43. The highest BCUT2D eigenvalue weighted by atomic mass is 16.5. The van der Waals surface area contributed by atoms with Crippen molar-refractivity contribution < 1.29 is 19.1 Å². The van der Waals surface area contributed by atoms with Gasteiger partial charge in [-0.3, -0.25) is 14.4 Å². The van der Waals surface area contributed by atoms with Crippen molar-refractivity contribution in [2.24, 2.45) is 0 Å². The van der Waals surface area contributed by atoms with Gasteiger partial charge in [0.1, 0.15) is 12.6 Å². The van der Waals surface area contributed by atoms with Gasteiger partial charge in [-0.1, -0.05) is 0 Å². The van der Waals surface area contributed by atoms with Crippen LogP contribution < -0.4 is 5.32 Å². The topological polar surface area (TPSA) is 79.0 Å². The molecule has 2 aliphatic heterocycles. The fraction of sp³-hybridized carbons (Fsp3) is 0.800. The van der Waals surface area contributed by atoms with Crippen LogP contribution in [0.15, 0.2) is 0 Å². The largest absolute Gasteiger partial charge is 0.375 e. The Morgan fingerprint density at radius 1 is 1.32 bits per heavy atom. The molecule has 0 spiro atoms. The van der Waals surface area contributed by atoms with Crippen LogP contribution in [-0.2, 0) is 19.1 Å². The van der Waals surface area contributed by atoms with E-state index < -0.39 is 6.04 Å². The summed E-state index contributed by atoms with van der Waals surface area (Å²) in [4.78, 5) is 40.3. The predicted octanol–water partition coefficient (Wildman–Crippen LogP) is -0.598. The molecule has 2 aliphatic rings. The van der Waals surface area contributed by atoms with E-state index in [1.54, 1.807) is 16.8 Å². The Morgan fingerprint density at radius 2 is 2.05 bits per heavy atom. The maximum absolute atomic E-state index is 12.8. The van der Waals surface area contributed by atoms with E-state index in [4.69, 9.17) is 4.74 Å². The average Bonchev–Trinajstić information content (AvgIpc) is 2.64. The molecule has 1 N–H and O–H groups in total. The van der Waals surface area contributed by atoms with E-state index in [0.29, 0.717) is 19.5 Å². The maximum atomic E-state index is 12.8. The molecule has 0 aromatic rings. The number of Topliss-reactive ketones (excluding diaryl/α,β-unsaturated/α-hetero) is 1. The number of ketones is 1. The normalized spacial score (nSPS) is 29.0. The van der Waals surface area contributed by atoms with E-state index in [1.165, 1.54) is 14.0 Å². The number of fused-ring (bicyclic) bond motifs is 1. The van der Waals surface area contributed by atoms with Crippen LogP contribution in [0.25, 0.3) is 0 Å². The number of nitrogens with zero attached hydrogens (tertiary/aromatic N) is 2. The minimum Gasteiger partial charge on any atom is -0.375 e. The summed E-state index contributed by atoms with van der Waals surface area (Å²) in [6, 6.07) is -0.931. The average molecular weight is 311 g/mol. The Balaban J connectivity index is 2.28. The molecular weight excluding hydrogens is 286 g/mol. The fourth-order valence-electron chi connectivity index (χ4n) is 3.43. The van der Waals surface area contributed by atoms with E-state index in [1.807, 2.05) is 0 Å². The number of hydrogen-bond acceptors (Lipinski definition) is 5. The number of amides is 2. The molecule has 2 rings (SSSR count). The van der Waals surface area contributed by atoms with E-state index >= 15 is 0 Å². The molecule has 0 saturated carbocycles. The van der Waals surface area contributed by atoms with Crippen molar-refractivity contribution in [3.63, 3.8) is 0 Å². The van der Waals surface area contributed by atoms with Crippen LogP contribution in [0.4, 0.5) is 0 Å². The highest BCUT2D eigenvalue weighted by molar-refractivity contribution is 5.91. The van der Waals surface area contributed by atoms with Crippen LogP contribution in [0.1, 0.15) is 26.2 Å². The van der Waals surface area contributed by atoms with Crippen molar-refractivity contribution in [3.8, 4) is 0 Å². The summed E-state index contributed by atoms with van der Waals surface area (Å²) in [7, 11) is 3.18. The van der Waals surface area contributed by atoms with Crippen molar-refractivity contribution in [2.75, 3.05) is 33.9 Å². The lowest BCUT2D eigenvalue weighted by molar-refractivity contribution is -0.144. The van der Waals surface area contributed by atoms with E-state index in [-0.39, 0.29) is 36.3 Å². The highest BCUT2D eigenvalue weighted by Crippen LogP contribution is 2.27. The zero-order valence-corrected chi connectivity index (χ0v) is 13.5. The molecule has 124 valence electrons. The number of nitrogens with one attached hydrogen (secondary N) is 1. The van der Waals surface area contributed by atoms with Gasteiger partial charge >= 0.3 is 0 Å². The first-order valence-corrected chi connectivity index (χ1v) is 7.76. The zero-order valence-electron chi connectivity index (χ0n) is 13.5. The van der Waals surface area contributed by atoms with Gasteiger partial charge in [0.05, 0.1) is 12.1 Å². The molecule has 2 heterocycles. The number of rotatable bonds is 4. The maximum Gasteiger partial charge on any atom is 0.248 e. The first kappa shape index (κ1) is 16.9. The Bertz CT molecular complexity index is 454. The third kappa shape index (κ3) is 3.30. The molecule has 2 amide bonds. The van der Waals surface area contributed by atoms with Crippen LogP contribution in [0.2, 0.25) is 0 Å². The quantitative estimate of drug-likeness (QED) is 0.750. The van der Waals surface area contributed by atoms with Gasteiger partial charge in [-0.15, -0.1) is 0 Å². The molecule has 22 heavy (non-hydrogen) atoms. The van der Waals surface area contributed by atoms with Crippen molar-refractivity contribution in [3.05, 3.63) is 0 Å². The molecule has 0 bridgehead atoms. The molecular formula is C15H25N3O4. The molecule has 3 atom stereocenters. The summed E-state index contributed by atoms with van der Waals surface area (Å²) in [6.45, 7) is 2.33. The molecule has 3 unspecified atom stereocenters. The van der Waals surface area contributed by atoms with Crippen molar-refractivity contribution >= 4 is 17.6 Å². The van der Waals surface area contributed by atoms with Gasteiger partial charge in [-0.2, -0.15) is 0 Å². The third-order valence-corrected chi connectivity index (χ3v) is 4.57. The zero-order chi connectivity index (χ0) is 16.3. The Kier molecular flexibility index (Phi) is 5.52. The van der Waals surface area contributed by atoms with Crippen LogP contribution in [0, 0.1) is 0 Å². The van der Waals surface area contributed by atoms with Gasteiger partial charge in [-0.05, 0) is 33.2 Å². The van der Waals surface area contributed by atoms with Gasteiger partial charge in [0.2, 0.25) is 11.8 Å². The van der Waals surface area contributed by atoms with Crippen molar-refractivity contribution in [1.29, 1.82) is 0 Å². The highest BCUT2D eigenvalue weighted by Gasteiger charge is 2.43. The second-order valence-corrected chi connectivity index (χ2v) is 6.03. The van der Waals surface area contributed by atoms with E-state index in [0.717, 1.165) is 12.8 Å². The number of ether oxygens (including phenoxy) is 1. The lowest BCUT2D eigenvalue weighted by Crippen LogP contribution is -2.57. The Labute approximate surface area is 131 Å². The number of likely N-dealkylation sites (N-methyl/N-ethyl adjacent to an activating group) is 1. The summed E-state index contributed by atoms with van der Waals surface area (Å²) in [5.41, 5.74) is 0.